The zero-order valence-corrected chi connectivity index (χ0v) is 9.95. The largest absolute Gasteiger partial charge is 0.396 e. The van der Waals surface area contributed by atoms with Gasteiger partial charge in [0.05, 0.1) is 38.7 Å². The molecular formula is C12H18FNO3. The molecular weight excluding hydrogens is 225 g/mol. The maximum Gasteiger partial charge on any atom is 0.151 e. The van der Waals surface area contributed by atoms with Crippen molar-refractivity contribution in [1.29, 1.82) is 0 Å². The molecule has 0 aliphatic heterocycles. The lowest BCUT2D eigenvalue weighted by atomic mass is 10.2. The second-order valence-electron chi connectivity index (χ2n) is 3.48. The van der Waals surface area contributed by atoms with Crippen molar-refractivity contribution in [2.24, 2.45) is 0 Å². The first-order chi connectivity index (χ1) is 8.25. The van der Waals surface area contributed by atoms with E-state index < -0.39 is 5.82 Å². The van der Waals surface area contributed by atoms with Crippen molar-refractivity contribution in [1.82, 2.24) is 0 Å². The number of nitrogen functional groups attached to an aromatic ring is 1. The fraction of sp³-hybridized carbons (Fsp3) is 0.500. The quantitative estimate of drug-likeness (QED) is 0.556. The molecule has 0 spiro atoms. The third kappa shape index (κ3) is 5.12. The van der Waals surface area contributed by atoms with E-state index in [1.807, 2.05) is 0 Å². The van der Waals surface area contributed by atoms with Crippen LogP contribution in [0.25, 0.3) is 0 Å². The predicted molar refractivity (Wildman–Crippen MR) is 63.2 cm³/mol. The first-order valence-electron chi connectivity index (χ1n) is 5.43. The second-order valence-corrected chi connectivity index (χ2v) is 3.48. The van der Waals surface area contributed by atoms with E-state index in [0.29, 0.717) is 32.0 Å². The zero-order chi connectivity index (χ0) is 12.5. The number of hydrogen-bond acceptors (Lipinski definition) is 4. The van der Waals surface area contributed by atoms with E-state index in [9.17, 15) is 4.39 Å². The third-order valence-electron chi connectivity index (χ3n) is 2.17. The molecule has 0 radical (unpaired) electrons. The van der Waals surface area contributed by atoms with Gasteiger partial charge in [0.25, 0.3) is 0 Å². The van der Waals surface area contributed by atoms with Crippen LogP contribution < -0.4 is 5.73 Å². The van der Waals surface area contributed by atoms with E-state index in [0.717, 1.165) is 0 Å². The molecule has 5 heteroatoms. The van der Waals surface area contributed by atoms with Crippen LogP contribution in [-0.4, -0.2) is 33.5 Å². The van der Waals surface area contributed by atoms with Crippen LogP contribution in [0.2, 0.25) is 0 Å². The number of anilines is 1. The molecule has 0 amide bonds. The Bertz CT molecular complexity index is 334. The van der Waals surface area contributed by atoms with Crippen molar-refractivity contribution in [2.75, 3.05) is 39.3 Å². The maximum atomic E-state index is 13.4. The van der Waals surface area contributed by atoms with E-state index in [1.54, 1.807) is 19.2 Å². The SMILES string of the molecule is COCCOCCOCc1cccc(N)c1F. The number of benzene rings is 1. The molecule has 1 aromatic rings. The molecule has 4 nitrogen and oxygen atoms in total. The number of ether oxygens (including phenoxy) is 3. The van der Waals surface area contributed by atoms with E-state index in [-0.39, 0.29) is 12.3 Å². The topological polar surface area (TPSA) is 53.7 Å². The number of hydrogen-bond donors (Lipinski definition) is 1. The predicted octanol–water partition coefficient (Wildman–Crippen LogP) is 1.59. The fourth-order valence-electron chi connectivity index (χ4n) is 1.26. The third-order valence-corrected chi connectivity index (χ3v) is 2.17. The van der Waals surface area contributed by atoms with Crippen molar-refractivity contribution < 1.29 is 18.6 Å². The minimum Gasteiger partial charge on any atom is -0.396 e. The lowest BCUT2D eigenvalue weighted by molar-refractivity contribution is 0.0194. The molecule has 2 N–H and O–H groups in total. The Morgan fingerprint density at radius 1 is 1.12 bits per heavy atom. The van der Waals surface area contributed by atoms with Crippen LogP contribution in [0.4, 0.5) is 10.1 Å². The molecule has 0 atom stereocenters. The summed E-state index contributed by atoms with van der Waals surface area (Å²) in [4.78, 5) is 0. The van der Waals surface area contributed by atoms with Gasteiger partial charge in [0.1, 0.15) is 0 Å². The second kappa shape index (κ2) is 8.00. The zero-order valence-electron chi connectivity index (χ0n) is 9.95. The van der Waals surface area contributed by atoms with Crippen LogP contribution in [0, 0.1) is 5.82 Å². The van der Waals surface area contributed by atoms with Gasteiger partial charge in [-0.1, -0.05) is 12.1 Å². The van der Waals surface area contributed by atoms with E-state index in [4.69, 9.17) is 19.9 Å². The van der Waals surface area contributed by atoms with Gasteiger partial charge in [0.15, 0.2) is 5.82 Å². The van der Waals surface area contributed by atoms with Crippen LogP contribution in [0.15, 0.2) is 18.2 Å². The average molecular weight is 243 g/mol. The smallest absolute Gasteiger partial charge is 0.151 e. The molecule has 0 fully saturated rings. The van der Waals surface area contributed by atoms with Crippen molar-refractivity contribution in [3.63, 3.8) is 0 Å². The summed E-state index contributed by atoms with van der Waals surface area (Å²) in [7, 11) is 1.61. The summed E-state index contributed by atoms with van der Waals surface area (Å²) in [5, 5.41) is 0. The Hall–Kier alpha value is -1.17. The van der Waals surface area contributed by atoms with Gasteiger partial charge >= 0.3 is 0 Å². The van der Waals surface area contributed by atoms with Gasteiger partial charge in [0.2, 0.25) is 0 Å². The summed E-state index contributed by atoms with van der Waals surface area (Å²) >= 11 is 0. The molecule has 1 aromatic carbocycles. The standard InChI is InChI=1S/C12H18FNO3/c1-15-5-6-16-7-8-17-9-10-3-2-4-11(14)12(10)13/h2-4H,5-9,14H2,1H3. The molecule has 0 aliphatic rings. The van der Waals surface area contributed by atoms with Crippen molar-refractivity contribution in [2.45, 2.75) is 6.61 Å². The number of nitrogens with two attached hydrogens (primary N) is 1. The summed E-state index contributed by atoms with van der Waals surface area (Å²) < 4.78 is 28.7. The fourth-order valence-corrected chi connectivity index (χ4v) is 1.26. The van der Waals surface area contributed by atoms with E-state index in [1.165, 1.54) is 6.07 Å². The van der Waals surface area contributed by atoms with Crippen LogP contribution in [0.5, 0.6) is 0 Å². The van der Waals surface area contributed by atoms with Crippen molar-refractivity contribution in [3.8, 4) is 0 Å². The summed E-state index contributed by atoms with van der Waals surface area (Å²) in [6.45, 7) is 2.17. The summed E-state index contributed by atoms with van der Waals surface area (Å²) in [6.07, 6.45) is 0. The molecule has 17 heavy (non-hydrogen) atoms. The Balaban J connectivity index is 2.16. The normalized spacial score (nSPS) is 10.7. The first-order valence-corrected chi connectivity index (χ1v) is 5.43. The van der Waals surface area contributed by atoms with Crippen LogP contribution in [0.1, 0.15) is 5.56 Å². The highest BCUT2D eigenvalue weighted by Crippen LogP contribution is 2.15. The molecule has 0 heterocycles. The lowest BCUT2D eigenvalue weighted by Crippen LogP contribution is -2.09. The summed E-state index contributed by atoms with van der Waals surface area (Å²) in [5.74, 6) is -0.409. The molecule has 0 saturated carbocycles. The first kappa shape index (κ1) is 13.9. The van der Waals surface area contributed by atoms with Crippen LogP contribution in [-0.2, 0) is 20.8 Å². The molecule has 0 bridgehead atoms. The van der Waals surface area contributed by atoms with Gasteiger partial charge in [-0.25, -0.2) is 4.39 Å². The molecule has 1 rings (SSSR count). The van der Waals surface area contributed by atoms with Gasteiger partial charge < -0.3 is 19.9 Å². The highest BCUT2D eigenvalue weighted by atomic mass is 19.1. The highest BCUT2D eigenvalue weighted by molar-refractivity contribution is 5.42. The van der Waals surface area contributed by atoms with Crippen LogP contribution >= 0.6 is 0 Å². The van der Waals surface area contributed by atoms with Gasteiger partial charge in [-0.05, 0) is 6.07 Å². The lowest BCUT2D eigenvalue weighted by Gasteiger charge is -2.07. The van der Waals surface area contributed by atoms with Gasteiger partial charge in [0, 0.05) is 12.7 Å². The van der Waals surface area contributed by atoms with Crippen molar-refractivity contribution >= 4 is 5.69 Å². The molecule has 0 saturated heterocycles. The minimum absolute atomic E-state index is 0.141. The van der Waals surface area contributed by atoms with Crippen LogP contribution in [0.3, 0.4) is 0 Å². The molecule has 0 aliphatic carbocycles. The number of rotatable bonds is 8. The molecule has 96 valence electrons. The van der Waals surface area contributed by atoms with E-state index in [2.05, 4.69) is 0 Å². The van der Waals surface area contributed by atoms with Gasteiger partial charge in [-0.15, -0.1) is 0 Å². The molecule has 0 unspecified atom stereocenters. The number of halogens is 1. The van der Waals surface area contributed by atoms with Gasteiger partial charge in [-0.3, -0.25) is 0 Å². The molecule has 0 aromatic heterocycles. The van der Waals surface area contributed by atoms with Crippen molar-refractivity contribution in [3.05, 3.63) is 29.6 Å². The maximum absolute atomic E-state index is 13.4. The minimum atomic E-state index is -0.409. The summed E-state index contributed by atoms with van der Waals surface area (Å²) in [6, 6.07) is 4.87. The Morgan fingerprint density at radius 3 is 2.59 bits per heavy atom. The Kier molecular flexibility index (Phi) is 6.54. The monoisotopic (exact) mass is 243 g/mol. The Labute approximate surface area is 100 Å². The van der Waals surface area contributed by atoms with Gasteiger partial charge in [-0.2, -0.15) is 0 Å². The number of methoxy groups -OCH3 is 1. The highest BCUT2D eigenvalue weighted by Gasteiger charge is 2.04. The summed E-state index contributed by atoms with van der Waals surface area (Å²) in [5.41, 5.74) is 6.04. The Morgan fingerprint density at radius 2 is 1.82 bits per heavy atom. The van der Waals surface area contributed by atoms with E-state index >= 15 is 0 Å². The average Bonchev–Trinajstić information content (AvgIpc) is 2.33.